The molecule has 0 saturated heterocycles. The summed E-state index contributed by atoms with van der Waals surface area (Å²) in [5.74, 6) is 0. The first-order valence-corrected chi connectivity index (χ1v) is 11.3. The largest absolute Gasteiger partial charge is 0.396 e. The number of aliphatic hydroxyl groups excluding tert-OH is 4. The first-order valence-electron chi connectivity index (χ1n) is 11.3. The highest BCUT2D eigenvalue weighted by atomic mass is 16.3. The van der Waals surface area contributed by atoms with E-state index in [0.29, 0.717) is 26.4 Å². The van der Waals surface area contributed by atoms with Crippen LogP contribution in [0.1, 0.15) is 116 Å². The summed E-state index contributed by atoms with van der Waals surface area (Å²) in [7, 11) is 0. The molecule has 0 rings (SSSR count). The summed E-state index contributed by atoms with van der Waals surface area (Å²) < 4.78 is 0. The Balaban J connectivity index is 0. The molecule has 4 heteroatoms. The second kappa shape index (κ2) is 29.6. The van der Waals surface area contributed by atoms with Crippen LogP contribution >= 0.6 is 0 Å². The highest BCUT2D eigenvalue weighted by Crippen LogP contribution is 2.10. The van der Waals surface area contributed by atoms with Gasteiger partial charge in [-0.2, -0.15) is 0 Å². The normalized spacial score (nSPS) is 10.6. The topological polar surface area (TPSA) is 80.9 Å². The second-order valence-corrected chi connectivity index (χ2v) is 7.26. The molecule has 0 bridgehead atoms. The van der Waals surface area contributed by atoms with E-state index in [1.54, 1.807) is 0 Å². The molecule has 0 unspecified atom stereocenters. The van der Waals surface area contributed by atoms with Crippen LogP contribution in [0.25, 0.3) is 0 Å². The van der Waals surface area contributed by atoms with E-state index in [0.717, 1.165) is 38.5 Å². The first kappa shape index (κ1) is 28.1. The van der Waals surface area contributed by atoms with Crippen LogP contribution in [0.3, 0.4) is 0 Å². The summed E-state index contributed by atoms with van der Waals surface area (Å²) in [6.07, 6.45) is 21.5. The Morgan fingerprint density at radius 2 is 0.308 bits per heavy atom. The minimum atomic E-state index is 0.338. The van der Waals surface area contributed by atoms with Gasteiger partial charge in [-0.15, -0.1) is 0 Å². The van der Waals surface area contributed by atoms with E-state index >= 15 is 0 Å². The lowest BCUT2D eigenvalue weighted by atomic mass is 10.1. The Morgan fingerprint density at radius 1 is 0.192 bits per heavy atom. The lowest BCUT2D eigenvalue weighted by Gasteiger charge is -2.01. The van der Waals surface area contributed by atoms with Crippen LogP contribution in [0.15, 0.2) is 0 Å². The van der Waals surface area contributed by atoms with Gasteiger partial charge in [-0.3, -0.25) is 0 Å². The maximum atomic E-state index is 8.57. The average molecular weight is 377 g/mol. The van der Waals surface area contributed by atoms with Crippen molar-refractivity contribution in [3.8, 4) is 0 Å². The van der Waals surface area contributed by atoms with Gasteiger partial charge in [-0.05, 0) is 25.7 Å². The van der Waals surface area contributed by atoms with Crippen LogP contribution in [-0.4, -0.2) is 46.9 Å². The Morgan fingerprint density at radius 3 is 0.423 bits per heavy atom. The van der Waals surface area contributed by atoms with E-state index in [9.17, 15) is 0 Å². The number of hydrogen-bond donors (Lipinski definition) is 4. The molecular formula is C22H48O4. The van der Waals surface area contributed by atoms with Crippen molar-refractivity contribution in [1.82, 2.24) is 0 Å². The number of aliphatic hydroxyl groups is 4. The summed E-state index contributed by atoms with van der Waals surface area (Å²) in [4.78, 5) is 0. The van der Waals surface area contributed by atoms with Gasteiger partial charge < -0.3 is 20.4 Å². The molecule has 160 valence electrons. The van der Waals surface area contributed by atoms with Crippen LogP contribution in [0.2, 0.25) is 0 Å². The van der Waals surface area contributed by atoms with Gasteiger partial charge in [0.1, 0.15) is 0 Å². The quantitative estimate of drug-likeness (QED) is 0.226. The lowest BCUT2D eigenvalue weighted by Crippen LogP contribution is -1.85. The predicted octanol–water partition coefficient (Wildman–Crippen LogP) is 4.96. The molecule has 26 heavy (non-hydrogen) atoms. The van der Waals surface area contributed by atoms with Crippen LogP contribution in [0, 0.1) is 0 Å². The molecule has 0 aliphatic heterocycles. The molecule has 0 aliphatic rings. The zero-order valence-corrected chi connectivity index (χ0v) is 17.3. The fourth-order valence-electron chi connectivity index (χ4n) is 2.92. The SMILES string of the molecule is OCCCCCCCCCCCCO.OCCCCCCCCCCO. The standard InChI is InChI=1S/C12H26O2.C10H22O2/c13-11-9-7-5-3-1-2-4-6-8-10-12-14;11-9-7-5-3-1-2-4-6-8-10-12/h13-14H,1-12H2;11-12H,1-10H2. The van der Waals surface area contributed by atoms with E-state index in [4.69, 9.17) is 20.4 Å². The summed E-state index contributed by atoms with van der Waals surface area (Å²) >= 11 is 0. The molecular weight excluding hydrogens is 328 g/mol. The smallest absolute Gasteiger partial charge is 0.0431 e. The Kier molecular flexibility index (Phi) is 31.9. The van der Waals surface area contributed by atoms with Crippen molar-refractivity contribution in [3.05, 3.63) is 0 Å². The summed E-state index contributed by atoms with van der Waals surface area (Å²) in [6.45, 7) is 1.37. The van der Waals surface area contributed by atoms with Crippen molar-refractivity contribution in [1.29, 1.82) is 0 Å². The minimum Gasteiger partial charge on any atom is -0.396 e. The van der Waals surface area contributed by atoms with Gasteiger partial charge in [-0.25, -0.2) is 0 Å². The average Bonchev–Trinajstić information content (AvgIpc) is 2.66. The third-order valence-electron chi connectivity index (χ3n) is 4.63. The number of rotatable bonds is 20. The van der Waals surface area contributed by atoms with Crippen molar-refractivity contribution in [2.75, 3.05) is 26.4 Å². The van der Waals surface area contributed by atoms with Crippen molar-refractivity contribution in [3.63, 3.8) is 0 Å². The zero-order chi connectivity index (χ0) is 19.6. The van der Waals surface area contributed by atoms with Gasteiger partial charge in [0, 0.05) is 26.4 Å². The molecule has 0 radical (unpaired) electrons. The second-order valence-electron chi connectivity index (χ2n) is 7.26. The van der Waals surface area contributed by atoms with Crippen LogP contribution in [0.5, 0.6) is 0 Å². The van der Waals surface area contributed by atoms with E-state index in [2.05, 4.69) is 0 Å². The van der Waals surface area contributed by atoms with Gasteiger partial charge in [-0.1, -0.05) is 89.9 Å². The van der Waals surface area contributed by atoms with Crippen molar-refractivity contribution in [2.24, 2.45) is 0 Å². The van der Waals surface area contributed by atoms with Crippen LogP contribution in [-0.2, 0) is 0 Å². The van der Waals surface area contributed by atoms with Crippen molar-refractivity contribution >= 4 is 0 Å². The third kappa shape index (κ3) is 31.6. The maximum absolute atomic E-state index is 8.57. The fourth-order valence-corrected chi connectivity index (χ4v) is 2.92. The van der Waals surface area contributed by atoms with Gasteiger partial charge in [0.05, 0.1) is 0 Å². The van der Waals surface area contributed by atoms with Crippen molar-refractivity contribution < 1.29 is 20.4 Å². The highest BCUT2D eigenvalue weighted by molar-refractivity contribution is 4.47. The van der Waals surface area contributed by atoms with Crippen LogP contribution < -0.4 is 0 Å². The van der Waals surface area contributed by atoms with E-state index in [1.807, 2.05) is 0 Å². The highest BCUT2D eigenvalue weighted by Gasteiger charge is 1.92. The Hall–Kier alpha value is -0.160. The van der Waals surface area contributed by atoms with E-state index < -0.39 is 0 Å². The maximum Gasteiger partial charge on any atom is 0.0431 e. The third-order valence-corrected chi connectivity index (χ3v) is 4.63. The molecule has 4 N–H and O–H groups in total. The molecule has 0 aliphatic carbocycles. The van der Waals surface area contributed by atoms with E-state index in [-0.39, 0.29) is 0 Å². The molecule has 0 fully saturated rings. The number of hydrogen-bond acceptors (Lipinski definition) is 4. The van der Waals surface area contributed by atoms with Crippen molar-refractivity contribution in [2.45, 2.75) is 116 Å². The molecule has 0 aromatic heterocycles. The lowest BCUT2D eigenvalue weighted by molar-refractivity contribution is 0.279. The molecule has 0 aromatic carbocycles. The monoisotopic (exact) mass is 376 g/mol. The molecule has 0 aromatic rings. The molecule has 0 atom stereocenters. The van der Waals surface area contributed by atoms with Gasteiger partial charge in [0.25, 0.3) is 0 Å². The van der Waals surface area contributed by atoms with Crippen LogP contribution in [0.4, 0.5) is 0 Å². The summed E-state index contributed by atoms with van der Waals surface area (Å²) in [5, 5.41) is 34.2. The predicted molar refractivity (Wildman–Crippen MR) is 111 cm³/mol. The minimum absolute atomic E-state index is 0.338. The number of unbranched alkanes of at least 4 members (excludes halogenated alkanes) is 16. The first-order chi connectivity index (χ1) is 12.8. The molecule has 0 heterocycles. The molecule has 0 spiro atoms. The summed E-state index contributed by atoms with van der Waals surface area (Å²) in [5.41, 5.74) is 0. The van der Waals surface area contributed by atoms with Gasteiger partial charge in [0.15, 0.2) is 0 Å². The summed E-state index contributed by atoms with van der Waals surface area (Å²) in [6, 6.07) is 0. The molecule has 0 saturated carbocycles. The van der Waals surface area contributed by atoms with Gasteiger partial charge >= 0.3 is 0 Å². The Labute approximate surface area is 163 Å². The zero-order valence-electron chi connectivity index (χ0n) is 17.3. The Bertz CT molecular complexity index is 190. The molecule has 0 amide bonds. The van der Waals surface area contributed by atoms with E-state index in [1.165, 1.54) is 77.0 Å². The molecule has 4 nitrogen and oxygen atoms in total. The van der Waals surface area contributed by atoms with Gasteiger partial charge in [0.2, 0.25) is 0 Å². The fraction of sp³-hybridized carbons (Fsp3) is 1.00.